The number of ether oxygens (including phenoxy) is 2. The van der Waals surface area contributed by atoms with Crippen LogP contribution in [0.5, 0.6) is 11.5 Å². The van der Waals surface area contributed by atoms with Gasteiger partial charge in [0.15, 0.2) is 0 Å². The van der Waals surface area contributed by atoms with Gasteiger partial charge in [-0.25, -0.2) is 8.42 Å². The Morgan fingerprint density at radius 2 is 1.30 bits per heavy atom. The molecule has 0 bridgehead atoms. The van der Waals surface area contributed by atoms with Crippen molar-refractivity contribution in [3.8, 4) is 11.5 Å². The maximum Gasteiger partial charge on any atom is 0.224 e. The molecule has 0 saturated carbocycles. The topological polar surface area (TPSA) is 72.9 Å². The van der Waals surface area contributed by atoms with Crippen LogP contribution < -0.4 is 9.47 Å². The third-order valence-corrected chi connectivity index (χ3v) is 6.52. The van der Waals surface area contributed by atoms with Gasteiger partial charge in [-0.3, -0.25) is 0 Å². The maximum absolute atomic E-state index is 13.0. The highest BCUT2D eigenvalue weighted by atomic mass is 32.2. The first kappa shape index (κ1) is 20.9. The average Bonchev–Trinajstić information content (AvgIpc) is 2.69. The van der Waals surface area contributed by atoms with Crippen LogP contribution in [0.4, 0.5) is 0 Å². The smallest absolute Gasteiger partial charge is 0.224 e. The van der Waals surface area contributed by atoms with E-state index in [-0.39, 0.29) is 19.5 Å². The van der Waals surface area contributed by atoms with E-state index >= 15 is 0 Å². The summed E-state index contributed by atoms with van der Waals surface area (Å²) in [6, 6.07) is 14.4. The fourth-order valence-corrected chi connectivity index (χ4v) is 4.28. The van der Waals surface area contributed by atoms with E-state index in [4.69, 9.17) is 9.47 Å². The molecule has 1 unspecified atom stereocenters. The summed E-state index contributed by atoms with van der Waals surface area (Å²) in [4.78, 5) is 11.3. The Labute approximate surface area is 160 Å². The summed E-state index contributed by atoms with van der Waals surface area (Å²) in [5, 5.41) is -1.06. The number of carbonyl (C=O) groups excluding carboxylic acids is 1. The first-order chi connectivity index (χ1) is 12.9. The molecule has 0 heterocycles. The Bertz CT molecular complexity index is 782. The molecule has 0 aromatic heterocycles. The van der Waals surface area contributed by atoms with Crippen molar-refractivity contribution in [2.45, 2.75) is 31.7 Å². The summed E-state index contributed by atoms with van der Waals surface area (Å²) < 4.78 is 37.6. The van der Waals surface area contributed by atoms with Crippen molar-refractivity contribution in [1.82, 2.24) is 4.31 Å². The lowest BCUT2D eigenvalue weighted by atomic mass is 10.2. The second kappa shape index (κ2) is 9.53. The molecule has 0 aliphatic heterocycles. The van der Waals surface area contributed by atoms with Crippen LogP contribution in [0.2, 0.25) is 0 Å². The zero-order chi connectivity index (χ0) is 19.9. The van der Waals surface area contributed by atoms with E-state index in [1.54, 1.807) is 45.4 Å². The van der Waals surface area contributed by atoms with Crippen LogP contribution >= 0.6 is 0 Å². The number of nitrogens with zero attached hydrogens (tertiary/aromatic N) is 1. The minimum absolute atomic E-state index is 0.169. The van der Waals surface area contributed by atoms with Gasteiger partial charge in [-0.1, -0.05) is 31.2 Å². The van der Waals surface area contributed by atoms with E-state index < -0.39 is 15.3 Å². The highest BCUT2D eigenvalue weighted by molar-refractivity contribution is 7.90. The Morgan fingerprint density at radius 3 is 1.59 bits per heavy atom. The predicted octanol–water partition coefficient (Wildman–Crippen LogP) is 3.01. The fourth-order valence-electron chi connectivity index (χ4n) is 2.67. The van der Waals surface area contributed by atoms with E-state index in [0.29, 0.717) is 17.8 Å². The molecule has 0 aliphatic carbocycles. The van der Waals surface area contributed by atoms with Gasteiger partial charge in [0.2, 0.25) is 10.0 Å². The summed E-state index contributed by atoms with van der Waals surface area (Å²) in [5.74, 6) is 1.39. The van der Waals surface area contributed by atoms with Crippen molar-refractivity contribution in [1.29, 1.82) is 0 Å². The quantitative estimate of drug-likeness (QED) is 0.582. The van der Waals surface area contributed by atoms with Crippen LogP contribution in [0, 0.1) is 0 Å². The third-order valence-electron chi connectivity index (χ3n) is 4.33. The number of hydrogen-bond acceptors (Lipinski definition) is 5. The van der Waals surface area contributed by atoms with Crippen LogP contribution in [0.3, 0.4) is 0 Å². The van der Waals surface area contributed by atoms with Crippen molar-refractivity contribution in [3.05, 3.63) is 59.7 Å². The second-order valence-corrected chi connectivity index (χ2v) is 8.24. The zero-order valence-corrected chi connectivity index (χ0v) is 16.6. The second-order valence-electron chi connectivity index (χ2n) is 6.09. The summed E-state index contributed by atoms with van der Waals surface area (Å²) in [6.45, 7) is 2.03. The van der Waals surface area contributed by atoms with E-state index in [1.807, 2.05) is 24.3 Å². The maximum atomic E-state index is 13.0. The molecule has 27 heavy (non-hydrogen) atoms. The van der Waals surface area contributed by atoms with Gasteiger partial charge in [0.1, 0.15) is 23.0 Å². The van der Waals surface area contributed by atoms with Crippen molar-refractivity contribution in [3.63, 3.8) is 0 Å². The minimum Gasteiger partial charge on any atom is -0.497 e. The van der Waals surface area contributed by atoms with Crippen LogP contribution in [-0.4, -0.2) is 38.5 Å². The number of rotatable bonds is 10. The van der Waals surface area contributed by atoms with E-state index in [1.165, 1.54) is 4.31 Å². The Kier molecular flexibility index (Phi) is 7.38. The van der Waals surface area contributed by atoms with Gasteiger partial charge in [-0.15, -0.1) is 0 Å². The standard InChI is InChI=1S/C20H25NO5S/c1-4-20(15-22)27(23,24)21(13-16-5-9-18(25-2)10-6-16)14-17-7-11-19(26-3)12-8-17/h5-12,15,20H,4,13-14H2,1-3H3. The lowest BCUT2D eigenvalue weighted by Gasteiger charge is -2.25. The van der Waals surface area contributed by atoms with Gasteiger partial charge >= 0.3 is 0 Å². The summed E-state index contributed by atoms with van der Waals surface area (Å²) in [7, 11) is -0.639. The molecule has 0 spiro atoms. The van der Waals surface area contributed by atoms with Crippen LogP contribution in [0.15, 0.2) is 48.5 Å². The van der Waals surface area contributed by atoms with Gasteiger partial charge in [-0.05, 0) is 41.8 Å². The van der Waals surface area contributed by atoms with Gasteiger partial charge in [0, 0.05) is 13.1 Å². The average molecular weight is 391 g/mol. The Balaban J connectivity index is 2.32. The van der Waals surface area contributed by atoms with Gasteiger partial charge in [-0.2, -0.15) is 4.31 Å². The normalized spacial score (nSPS) is 12.6. The highest BCUT2D eigenvalue weighted by Gasteiger charge is 2.30. The molecule has 0 fully saturated rings. The van der Waals surface area contributed by atoms with Crippen LogP contribution in [0.25, 0.3) is 0 Å². The van der Waals surface area contributed by atoms with Crippen LogP contribution in [-0.2, 0) is 27.9 Å². The Hall–Kier alpha value is -2.38. The molecule has 146 valence electrons. The molecule has 0 amide bonds. The molecule has 0 saturated heterocycles. The number of benzene rings is 2. The number of carbonyl (C=O) groups is 1. The van der Waals surface area contributed by atoms with Crippen molar-refractivity contribution in [2.24, 2.45) is 0 Å². The predicted molar refractivity (Wildman–Crippen MR) is 104 cm³/mol. The molecule has 0 aliphatic rings. The van der Waals surface area contributed by atoms with Crippen LogP contribution in [0.1, 0.15) is 24.5 Å². The van der Waals surface area contributed by atoms with Crippen molar-refractivity contribution >= 4 is 16.3 Å². The molecule has 2 aromatic rings. The zero-order valence-electron chi connectivity index (χ0n) is 15.8. The van der Waals surface area contributed by atoms with Gasteiger partial charge in [0.25, 0.3) is 0 Å². The number of aldehydes is 1. The molecular formula is C20H25NO5S. The SMILES string of the molecule is CCC(C=O)S(=O)(=O)N(Cc1ccc(OC)cc1)Cc1ccc(OC)cc1. The number of sulfonamides is 1. The summed E-state index contributed by atoms with van der Waals surface area (Å²) in [5.41, 5.74) is 1.63. The molecule has 2 aromatic carbocycles. The lowest BCUT2D eigenvalue weighted by molar-refractivity contribution is -0.107. The Morgan fingerprint density at radius 1 is 0.889 bits per heavy atom. The molecular weight excluding hydrogens is 366 g/mol. The minimum atomic E-state index is -3.79. The molecule has 0 radical (unpaired) electrons. The van der Waals surface area contributed by atoms with Gasteiger partial charge in [0.05, 0.1) is 14.2 Å². The van der Waals surface area contributed by atoms with Crippen molar-refractivity contribution in [2.75, 3.05) is 14.2 Å². The van der Waals surface area contributed by atoms with Crippen molar-refractivity contribution < 1.29 is 22.7 Å². The number of hydrogen-bond donors (Lipinski definition) is 0. The van der Waals surface area contributed by atoms with E-state index in [9.17, 15) is 13.2 Å². The summed E-state index contributed by atoms with van der Waals surface area (Å²) >= 11 is 0. The molecule has 7 heteroatoms. The van der Waals surface area contributed by atoms with Gasteiger partial charge < -0.3 is 14.3 Å². The number of methoxy groups -OCH3 is 2. The lowest BCUT2D eigenvalue weighted by Crippen LogP contribution is -2.38. The first-order valence-electron chi connectivity index (χ1n) is 8.64. The first-order valence-corrected chi connectivity index (χ1v) is 10.1. The highest BCUT2D eigenvalue weighted by Crippen LogP contribution is 2.21. The molecule has 2 rings (SSSR count). The molecule has 1 atom stereocenters. The fraction of sp³-hybridized carbons (Fsp3) is 0.350. The third kappa shape index (κ3) is 5.30. The molecule has 6 nitrogen and oxygen atoms in total. The van der Waals surface area contributed by atoms with E-state index in [0.717, 1.165) is 11.1 Å². The molecule has 0 N–H and O–H groups in total. The summed E-state index contributed by atoms with van der Waals surface area (Å²) in [6.07, 6.45) is 0.734. The monoisotopic (exact) mass is 391 g/mol. The van der Waals surface area contributed by atoms with E-state index in [2.05, 4.69) is 0 Å². The largest absolute Gasteiger partial charge is 0.497 e.